The Kier molecular flexibility index (Phi) is 4.10. The third-order valence-corrected chi connectivity index (χ3v) is 2.20. The zero-order valence-electron chi connectivity index (χ0n) is 9.10. The molecular formula is C10H19N3O. The predicted molar refractivity (Wildman–Crippen MR) is 56.0 cm³/mol. The summed E-state index contributed by atoms with van der Waals surface area (Å²) in [6.07, 6.45) is 3.62. The third kappa shape index (κ3) is 2.56. The fraction of sp³-hybridized carbons (Fsp3) is 0.700. The highest BCUT2D eigenvalue weighted by Gasteiger charge is 2.11. The van der Waals surface area contributed by atoms with E-state index in [-0.39, 0.29) is 6.04 Å². The molecule has 2 atom stereocenters. The van der Waals surface area contributed by atoms with E-state index in [0.717, 1.165) is 12.3 Å². The summed E-state index contributed by atoms with van der Waals surface area (Å²) in [6.45, 7) is 7.50. The lowest BCUT2D eigenvalue weighted by Gasteiger charge is -2.17. The highest BCUT2D eigenvalue weighted by Crippen LogP contribution is 2.15. The van der Waals surface area contributed by atoms with Crippen molar-refractivity contribution in [2.75, 3.05) is 13.2 Å². The van der Waals surface area contributed by atoms with E-state index in [9.17, 15) is 0 Å². The second-order valence-corrected chi connectivity index (χ2v) is 3.52. The first-order valence-electron chi connectivity index (χ1n) is 5.01. The molecule has 0 aliphatic heterocycles. The molecular weight excluding hydrogens is 178 g/mol. The largest absolute Gasteiger partial charge is 0.380 e. The highest BCUT2D eigenvalue weighted by molar-refractivity contribution is 5.04. The quantitative estimate of drug-likeness (QED) is 0.778. The van der Waals surface area contributed by atoms with E-state index in [1.165, 1.54) is 0 Å². The van der Waals surface area contributed by atoms with Crippen LogP contribution in [0, 0.1) is 0 Å². The minimum Gasteiger partial charge on any atom is -0.380 e. The first-order valence-corrected chi connectivity index (χ1v) is 5.01. The third-order valence-electron chi connectivity index (χ3n) is 2.20. The van der Waals surface area contributed by atoms with E-state index in [4.69, 9.17) is 10.5 Å². The fourth-order valence-corrected chi connectivity index (χ4v) is 1.40. The Bertz CT molecular complexity index is 270. The molecule has 0 saturated heterocycles. The molecule has 1 rings (SSSR count). The Hall–Kier alpha value is -0.870. The molecule has 0 saturated carbocycles. The molecule has 2 N–H and O–H groups in total. The Labute approximate surface area is 85.1 Å². The van der Waals surface area contributed by atoms with Gasteiger partial charge in [0.15, 0.2) is 0 Å². The number of nitrogens with two attached hydrogens (primary N) is 1. The van der Waals surface area contributed by atoms with Gasteiger partial charge in [-0.2, -0.15) is 0 Å². The van der Waals surface area contributed by atoms with Gasteiger partial charge < -0.3 is 15.0 Å². The molecule has 1 unspecified atom stereocenters. The molecule has 0 bridgehead atoms. The Balaban J connectivity index is 2.68. The van der Waals surface area contributed by atoms with E-state index >= 15 is 0 Å². The van der Waals surface area contributed by atoms with Gasteiger partial charge in [0.2, 0.25) is 0 Å². The summed E-state index contributed by atoms with van der Waals surface area (Å²) < 4.78 is 7.43. The van der Waals surface area contributed by atoms with Crippen LogP contribution in [0.3, 0.4) is 0 Å². The van der Waals surface area contributed by atoms with Gasteiger partial charge in [0.25, 0.3) is 0 Å². The van der Waals surface area contributed by atoms with E-state index in [2.05, 4.69) is 16.5 Å². The van der Waals surface area contributed by atoms with Crippen LogP contribution in [-0.2, 0) is 4.74 Å². The van der Waals surface area contributed by atoms with Crippen LogP contribution >= 0.6 is 0 Å². The van der Waals surface area contributed by atoms with Gasteiger partial charge in [0.05, 0.1) is 24.7 Å². The van der Waals surface area contributed by atoms with Gasteiger partial charge in [-0.1, -0.05) is 0 Å². The summed E-state index contributed by atoms with van der Waals surface area (Å²) in [5.74, 6) is 0. The van der Waals surface area contributed by atoms with Crippen LogP contribution in [0.4, 0.5) is 0 Å². The number of imidazole rings is 1. The maximum atomic E-state index is 5.82. The predicted octanol–water partition coefficient (Wildman–Crippen LogP) is 1.50. The summed E-state index contributed by atoms with van der Waals surface area (Å²) in [4.78, 5) is 4.10. The van der Waals surface area contributed by atoms with Crippen LogP contribution < -0.4 is 5.73 Å². The van der Waals surface area contributed by atoms with Gasteiger partial charge in [-0.3, -0.25) is 0 Å². The van der Waals surface area contributed by atoms with Gasteiger partial charge in [-0.25, -0.2) is 4.98 Å². The molecule has 1 heterocycles. The van der Waals surface area contributed by atoms with Crippen molar-refractivity contribution in [3.63, 3.8) is 0 Å². The van der Waals surface area contributed by atoms with Crippen LogP contribution in [0.5, 0.6) is 0 Å². The van der Waals surface area contributed by atoms with Crippen molar-refractivity contribution in [2.45, 2.75) is 32.9 Å². The topological polar surface area (TPSA) is 53.1 Å². The molecule has 0 radical (unpaired) electrons. The minimum atomic E-state index is 0.0153. The summed E-state index contributed by atoms with van der Waals surface area (Å²) in [7, 11) is 0. The van der Waals surface area contributed by atoms with Crippen molar-refractivity contribution < 1.29 is 4.74 Å². The number of ether oxygens (including phenoxy) is 1. The standard InChI is InChI=1S/C10H19N3O/c1-4-14-6-8(2)13-7-12-5-10(13)9(3)11/h5,7-9H,4,6,11H2,1-3H3/t8?,9-/m1/s1. The van der Waals surface area contributed by atoms with Crippen molar-refractivity contribution >= 4 is 0 Å². The minimum absolute atomic E-state index is 0.0153. The van der Waals surface area contributed by atoms with Gasteiger partial charge in [-0.05, 0) is 20.8 Å². The van der Waals surface area contributed by atoms with Gasteiger partial charge in [0.1, 0.15) is 0 Å². The Morgan fingerprint density at radius 3 is 2.86 bits per heavy atom. The molecule has 1 aromatic rings. The second kappa shape index (κ2) is 5.12. The maximum absolute atomic E-state index is 5.82. The fourth-order valence-electron chi connectivity index (χ4n) is 1.40. The number of nitrogens with zero attached hydrogens (tertiary/aromatic N) is 2. The van der Waals surface area contributed by atoms with Crippen LogP contribution in [0.25, 0.3) is 0 Å². The summed E-state index contributed by atoms with van der Waals surface area (Å²) in [5.41, 5.74) is 6.88. The summed E-state index contributed by atoms with van der Waals surface area (Å²) in [5, 5.41) is 0. The Morgan fingerprint density at radius 2 is 2.29 bits per heavy atom. The first-order chi connectivity index (χ1) is 6.66. The molecule has 4 heteroatoms. The SMILES string of the molecule is CCOCC(C)n1cncc1[C@@H](C)N. The smallest absolute Gasteiger partial charge is 0.0952 e. The van der Waals surface area contributed by atoms with Crippen LogP contribution in [0.15, 0.2) is 12.5 Å². The van der Waals surface area contributed by atoms with Gasteiger partial charge >= 0.3 is 0 Å². The summed E-state index contributed by atoms with van der Waals surface area (Å²) >= 11 is 0. The number of aromatic nitrogens is 2. The average molecular weight is 197 g/mol. The monoisotopic (exact) mass is 197 g/mol. The van der Waals surface area contributed by atoms with Crippen LogP contribution in [0.2, 0.25) is 0 Å². The highest BCUT2D eigenvalue weighted by atomic mass is 16.5. The average Bonchev–Trinajstić information content (AvgIpc) is 2.62. The van der Waals surface area contributed by atoms with Crippen LogP contribution in [0.1, 0.15) is 38.5 Å². The lowest BCUT2D eigenvalue weighted by molar-refractivity contribution is 0.118. The van der Waals surface area contributed by atoms with E-state index in [1.807, 2.05) is 26.4 Å². The number of hydrogen-bond donors (Lipinski definition) is 1. The second-order valence-electron chi connectivity index (χ2n) is 3.52. The van der Waals surface area contributed by atoms with Crippen LogP contribution in [-0.4, -0.2) is 22.8 Å². The molecule has 1 aromatic heterocycles. The van der Waals surface area contributed by atoms with E-state index in [0.29, 0.717) is 12.6 Å². The number of rotatable bonds is 5. The molecule has 0 fully saturated rings. The Morgan fingerprint density at radius 1 is 1.57 bits per heavy atom. The molecule has 0 aromatic carbocycles. The maximum Gasteiger partial charge on any atom is 0.0952 e. The zero-order chi connectivity index (χ0) is 10.6. The van der Waals surface area contributed by atoms with Crippen molar-refractivity contribution in [3.05, 3.63) is 18.2 Å². The molecule has 0 aliphatic rings. The van der Waals surface area contributed by atoms with Crippen molar-refractivity contribution in [2.24, 2.45) is 5.73 Å². The normalized spacial score (nSPS) is 15.4. The van der Waals surface area contributed by atoms with E-state index in [1.54, 1.807) is 0 Å². The lowest BCUT2D eigenvalue weighted by atomic mass is 10.2. The van der Waals surface area contributed by atoms with Crippen molar-refractivity contribution in [3.8, 4) is 0 Å². The first kappa shape index (κ1) is 11.2. The summed E-state index contributed by atoms with van der Waals surface area (Å²) in [6, 6.07) is 0.306. The molecule has 0 spiro atoms. The lowest BCUT2D eigenvalue weighted by Crippen LogP contribution is -2.18. The molecule has 0 aliphatic carbocycles. The molecule has 4 nitrogen and oxygen atoms in total. The zero-order valence-corrected chi connectivity index (χ0v) is 9.10. The van der Waals surface area contributed by atoms with Crippen molar-refractivity contribution in [1.29, 1.82) is 0 Å². The molecule has 0 amide bonds. The van der Waals surface area contributed by atoms with E-state index < -0.39 is 0 Å². The van der Waals surface area contributed by atoms with Gasteiger partial charge in [-0.15, -0.1) is 0 Å². The number of hydrogen-bond acceptors (Lipinski definition) is 3. The van der Waals surface area contributed by atoms with Gasteiger partial charge in [0, 0.05) is 18.8 Å². The molecule has 14 heavy (non-hydrogen) atoms. The molecule has 80 valence electrons. The van der Waals surface area contributed by atoms with Crippen molar-refractivity contribution in [1.82, 2.24) is 9.55 Å².